The Kier molecular flexibility index (Phi) is 2.98. The molecule has 116 valence electrons. The summed E-state index contributed by atoms with van der Waals surface area (Å²) >= 11 is 0. The van der Waals surface area contributed by atoms with Crippen LogP contribution in [0.15, 0.2) is 41.3 Å². The van der Waals surface area contributed by atoms with Crippen LogP contribution in [0.3, 0.4) is 0 Å². The number of benzene rings is 1. The lowest BCUT2D eigenvalue weighted by atomic mass is 9.97. The number of nitrogens with zero attached hydrogens (tertiary/aromatic N) is 2. The first kappa shape index (κ1) is 13.9. The van der Waals surface area contributed by atoms with E-state index in [9.17, 15) is 9.18 Å². The number of nitrogen functional groups attached to an aromatic ring is 1. The molecule has 4 nitrogen and oxygen atoms in total. The van der Waals surface area contributed by atoms with Gasteiger partial charge in [-0.25, -0.2) is 9.37 Å². The molecule has 0 aliphatic heterocycles. The SMILES string of the molecule is Cc1c(-c2ccc(N)nc2)c(F)cc2ccc(=O)n(C3CC3)c12. The topological polar surface area (TPSA) is 60.9 Å². The molecule has 23 heavy (non-hydrogen) atoms. The maximum atomic E-state index is 14.7. The standard InChI is InChI=1S/C18H16FN3O/c1-10-17(12-2-6-15(20)21-9-12)14(19)8-11-3-7-16(23)22(18(10)11)13-4-5-13/h2-3,6-9,13H,4-5H2,1H3,(H2,20,21). The van der Waals surface area contributed by atoms with Gasteiger partial charge in [-0.05, 0) is 49.6 Å². The third kappa shape index (κ3) is 2.20. The van der Waals surface area contributed by atoms with E-state index in [1.165, 1.54) is 12.1 Å². The van der Waals surface area contributed by atoms with Crippen molar-refractivity contribution < 1.29 is 4.39 Å². The molecule has 0 atom stereocenters. The Morgan fingerprint density at radius 2 is 2.04 bits per heavy atom. The molecule has 0 amide bonds. The quantitative estimate of drug-likeness (QED) is 0.789. The van der Waals surface area contributed by atoms with Gasteiger partial charge in [-0.1, -0.05) is 0 Å². The second-order valence-electron chi connectivity index (χ2n) is 6.04. The number of halogens is 1. The van der Waals surface area contributed by atoms with Crippen LogP contribution in [-0.2, 0) is 0 Å². The fourth-order valence-electron chi connectivity index (χ4n) is 3.19. The van der Waals surface area contributed by atoms with Gasteiger partial charge in [0.2, 0.25) is 0 Å². The summed E-state index contributed by atoms with van der Waals surface area (Å²) in [5, 5.41) is 0.749. The largest absolute Gasteiger partial charge is 0.384 e. The van der Waals surface area contributed by atoms with E-state index >= 15 is 0 Å². The highest BCUT2D eigenvalue weighted by molar-refractivity contribution is 5.89. The average Bonchev–Trinajstić information content (AvgIpc) is 3.34. The van der Waals surface area contributed by atoms with Crippen molar-refractivity contribution >= 4 is 16.7 Å². The van der Waals surface area contributed by atoms with E-state index in [0.717, 1.165) is 29.3 Å². The number of fused-ring (bicyclic) bond motifs is 1. The molecule has 2 aromatic heterocycles. The molecule has 1 aliphatic carbocycles. The summed E-state index contributed by atoms with van der Waals surface area (Å²) < 4.78 is 16.5. The lowest BCUT2D eigenvalue weighted by Gasteiger charge is -2.16. The van der Waals surface area contributed by atoms with Crippen molar-refractivity contribution in [2.24, 2.45) is 0 Å². The number of rotatable bonds is 2. The number of hydrogen-bond acceptors (Lipinski definition) is 3. The van der Waals surface area contributed by atoms with Gasteiger partial charge >= 0.3 is 0 Å². The van der Waals surface area contributed by atoms with Crippen molar-refractivity contribution in [3.05, 3.63) is 58.3 Å². The van der Waals surface area contributed by atoms with Crippen molar-refractivity contribution in [2.45, 2.75) is 25.8 Å². The zero-order valence-corrected chi connectivity index (χ0v) is 12.7. The van der Waals surface area contributed by atoms with Crippen LogP contribution in [0.5, 0.6) is 0 Å². The first-order valence-corrected chi connectivity index (χ1v) is 7.62. The van der Waals surface area contributed by atoms with E-state index in [2.05, 4.69) is 4.98 Å². The highest BCUT2D eigenvalue weighted by Gasteiger charge is 2.27. The van der Waals surface area contributed by atoms with Crippen LogP contribution in [0.2, 0.25) is 0 Å². The molecule has 0 spiro atoms. The van der Waals surface area contributed by atoms with E-state index < -0.39 is 0 Å². The molecule has 4 rings (SSSR count). The molecule has 1 aromatic carbocycles. The zero-order chi connectivity index (χ0) is 16.1. The van der Waals surface area contributed by atoms with Crippen molar-refractivity contribution in [3.63, 3.8) is 0 Å². The van der Waals surface area contributed by atoms with Crippen molar-refractivity contribution in [1.29, 1.82) is 0 Å². The fraction of sp³-hybridized carbons (Fsp3) is 0.222. The van der Waals surface area contributed by atoms with Gasteiger partial charge in [-0.2, -0.15) is 0 Å². The molecule has 1 fully saturated rings. The average molecular weight is 309 g/mol. The lowest BCUT2D eigenvalue weighted by molar-refractivity contribution is 0.631. The van der Waals surface area contributed by atoms with Crippen molar-refractivity contribution in [2.75, 3.05) is 5.73 Å². The third-order valence-corrected chi connectivity index (χ3v) is 4.40. The van der Waals surface area contributed by atoms with E-state index in [1.54, 1.807) is 29.0 Å². The molecule has 0 saturated heterocycles. The van der Waals surface area contributed by atoms with E-state index in [-0.39, 0.29) is 17.4 Å². The monoisotopic (exact) mass is 309 g/mol. The highest BCUT2D eigenvalue weighted by Crippen LogP contribution is 2.39. The van der Waals surface area contributed by atoms with Gasteiger partial charge in [0.25, 0.3) is 5.56 Å². The van der Waals surface area contributed by atoms with Crippen LogP contribution in [0, 0.1) is 12.7 Å². The minimum Gasteiger partial charge on any atom is -0.384 e. The van der Waals surface area contributed by atoms with Crippen LogP contribution < -0.4 is 11.3 Å². The smallest absolute Gasteiger partial charge is 0.251 e. The molecule has 5 heteroatoms. The van der Waals surface area contributed by atoms with Gasteiger partial charge in [0.05, 0.1) is 5.52 Å². The van der Waals surface area contributed by atoms with Crippen LogP contribution in [0.25, 0.3) is 22.0 Å². The van der Waals surface area contributed by atoms with E-state index in [1.807, 2.05) is 6.92 Å². The molecule has 3 aromatic rings. The normalized spacial score (nSPS) is 14.3. The summed E-state index contributed by atoms with van der Waals surface area (Å²) in [4.78, 5) is 16.3. The maximum absolute atomic E-state index is 14.7. The Hall–Kier alpha value is -2.69. The van der Waals surface area contributed by atoms with Crippen LogP contribution in [-0.4, -0.2) is 9.55 Å². The Labute approximate surface area is 132 Å². The molecule has 1 aliphatic rings. The maximum Gasteiger partial charge on any atom is 0.251 e. The fourth-order valence-corrected chi connectivity index (χ4v) is 3.19. The minimum absolute atomic E-state index is 0.0314. The number of pyridine rings is 2. The molecule has 0 bridgehead atoms. The third-order valence-electron chi connectivity index (χ3n) is 4.40. The second-order valence-corrected chi connectivity index (χ2v) is 6.04. The molecule has 1 saturated carbocycles. The molecule has 0 unspecified atom stereocenters. The summed E-state index contributed by atoms with van der Waals surface area (Å²) in [6.07, 6.45) is 3.55. The first-order chi connectivity index (χ1) is 11.1. The summed E-state index contributed by atoms with van der Waals surface area (Å²) in [5.74, 6) is 0.0741. The van der Waals surface area contributed by atoms with Gasteiger partial charge in [0.15, 0.2) is 0 Å². The van der Waals surface area contributed by atoms with E-state index in [4.69, 9.17) is 5.73 Å². The van der Waals surface area contributed by atoms with Gasteiger partial charge in [0.1, 0.15) is 11.6 Å². The summed E-state index contributed by atoms with van der Waals surface area (Å²) in [6.45, 7) is 1.86. The second kappa shape index (κ2) is 4.91. The number of aryl methyl sites for hydroxylation is 1. The van der Waals surface area contributed by atoms with Gasteiger partial charge in [-0.15, -0.1) is 0 Å². The number of anilines is 1. The van der Waals surface area contributed by atoms with Crippen molar-refractivity contribution in [3.8, 4) is 11.1 Å². The summed E-state index contributed by atoms with van der Waals surface area (Å²) in [5.41, 5.74) is 8.29. The lowest BCUT2D eigenvalue weighted by Crippen LogP contribution is -2.19. The molecular formula is C18H16FN3O. The minimum atomic E-state index is -0.317. The Morgan fingerprint density at radius 1 is 1.26 bits per heavy atom. The van der Waals surface area contributed by atoms with Gasteiger partial charge in [-0.3, -0.25) is 4.79 Å². The van der Waals surface area contributed by atoms with Gasteiger partial charge in [0, 0.05) is 34.8 Å². The predicted octanol–water partition coefficient (Wildman–Crippen LogP) is 3.43. The van der Waals surface area contributed by atoms with Crippen molar-refractivity contribution in [1.82, 2.24) is 9.55 Å². The van der Waals surface area contributed by atoms with E-state index in [0.29, 0.717) is 16.9 Å². The number of hydrogen-bond donors (Lipinski definition) is 1. The number of aromatic nitrogens is 2. The summed E-state index contributed by atoms with van der Waals surface area (Å²) in [6, 6.07) is 8.33. The Balaban J connectivity index is 2.07. The molecular weight excluding hydrogens is 293 g/mol. The first-order valence-electron chi connectivity index (χ1n) is 7.62. The van der Waals surface area contributed by atoms with Crippen LogP contribution >= 0.6 is 0 Å². The molecule has 2 heterocycles. The molecule has 2 N–H and O–H groups in total. The zero-order valence-electron chi connectivity index (χ0n) is 12.7. The summed E-state index contributed by atoms with van der Waals surface area (Å²) in [7, 11) is 0. The Morgan fingerprint density at radius 3 is 2.70 bits per heavy atom. The number of nitrogens with two attached hydrogens (primary N) is 1. The Bertz CT molecular complexity index is 972. The predicted molar refractivity (Wildman–Crippen MR) is 88.8 cm³/mol. The highest BCUT2D eigenvalue weighted by atomic mass is 19.1. The van der Waals surface area contributed by atoms with Gasteiger partial charge < -0.3 is 10.3 Å². The molecule has 0 radical (unpaired) electrons. The van der Waals surface area contributed by atoms with Crippen LogP contribution in [0.4, 0.5) is 10.2 Å². The van der Waals surface area contributed by atoms with Crippen LogP contribution in [0.1, 0.15) is 24.4 Å².